The zero-order valence-corrected chi connectivity index (χ0v) is 15.5. The molecule has 1 heterocycles. The first-order chi connectivity index (χ1) is 12.7. The van der Waals surface area contributed by atoms with E-state index in [1.165, 1.54) is 11.3 Å². The molecule has 3 aromatic rings. The van der Waals surface area contributed by atoms with Gasteiger partial charge in [0, 0.05) is 29.6 Å². The minimum absolute atomic E-state index is 0.172. The Hall–Kier alpha value is -3.06. The Kier molecular flexibility index (Phi) is 5.38. The van der Waals surface area contributed by atoms with Crippen molar-refractivity contribution in [1.82, 2.24) is 4.68 Å². The minimum Gasteiger partial charge on any atom is -0.507 e. The number of ether oxygens (including phenoxy) is 2. The topological polar surface area (TPSA) is 68.3 Å². The van der Waals surface area contributed by atoms with E-state index in [1.54, 1.807) is 50.4 Å². The molecule has 0 bridgehead atoms. The fourth-order valence-electron chi connectivity index (χ4n) is 2.47. The first kappa shape index (κ1) is 17.8. The van der Waals surface area contributed by atoms with E-state index in [-0.39, 0.29) is 5.75 Å². The van der Waals surface area contributed by atoms with Gasteiger partial charge < -0.3 is 14.6 Å². The molecule has 0 spiro atoms. The Labute approximate surface area is 155 Å². The summed E-state index contributed by atoms with van der Waals surface area (Å²) >= 11 is 1.47. The summed E-state index contributed by atoms with van der Waals surface area (Å²) in [5.41, 5.74) is 2.33. The number of phenolic OH excluding ortho intramolecular Hbond substituents is 1. The van der Waals surface area contributed by atoms with Crippen molar-refractivity contribution in [3.8, 4) is 28.5 Å². The summed E-state index contributed by atoms with van der Waals surface area (Å²) in [4.78, 5) is 5.01. The van der Waals surface area contributed by atoms with Gasteiger partial charge in [-0.25, -0.2) is 4.68 Å². The monoisotopic (exact) mass is 369 g/mol. The summed E-state index contributed by atoms with van der Waals surface area (Å²) in [7, 11) is 4.95. The van der Waals surface area contributed by atoms with Crippen molar-refractivity contribution in [3.63, 3.8) is 0 Å². The van der Waals surface area contributed by atoms with Gasteiger partial charge in [-0.3, -0.25) is 4.99 Å². The lowest BCUT2D eigenvalue weighted by Gasteiger charge is -2.10. The second-order valence-corrected chi connectivity index (χ2v) is 6.15. The molecule has 0 aliphatic heterocycles. The molecule has 3 rings (SSSR count). The van der Waals surface area contributed by atoms with E-state index >= 15 is 0 Å². The van der Waals surface area contributed by atoms with E-state index in [2.05, 4.69) is 10.1 Å². The third-order valence-electron chi connectivity index (χ3n) is 3.81. The SMILES string of the molecule is CN=c1scc(-c2ccc(OC)cc2OC)n1N=Cc1ccccc1O. The van der Waals surface area contributed by atoms with Crippen molar-refractivity contribution in [3.05, 3.63) is 58.2 Å². The van der Waals surface area contributed by atoms with Gasteiger partial charge in [0.25, 0.3) is 0 Å². The summed E-state index contributed by atoms with van der Waals surface area (Å²) in [5.74, 6) is 1.56. The maximum atomic E-state index is 9.94. The standard InChI is InChI=1S/C19H19N3O3S/c1-20-19-22(21-11-13-6-4-5-7-17(13)23)16(12-26-19)15-9-8-14(24-2)10-18(15)25-3/h4-12,23H,1-3H3. The Balaban J connectivity index is 2.11. The van der Waals surface area contributed by atoms with Crippen LogP contribution in [0.4, 0.5) is 0 Å². The van der Waals surface area contributed by atoms with Crippen LogP contribution >= 0.6 is 11.3 Å². The van der Waals surface area contributed by atoms with E-state index in [4.69, 9.17) is 9.47 Å². The summed E-state index contributed by atoms with van der Waals surface area (Å²) in [6.45, 7) is 0. The Morgan fingerprint density at radius 1 is 1.12 bits per heavy atom. The maximum absolute atomic E-state index is 9.94. The predicted octanol–water partition coefficient (Wildman–Crippen LogP) is 3.35. The fraction of sp³-hybridized carbons (Fsp3) is 0.158. The van der Waals surface area contributed by atoms with E-state index in [0.717, 1.165) is 16.1 Å². The Morgan fingerprint density at radius 3 is 2.62 bits per heavy atom. The van der Waals surface area contributed by atoms with Crippen molar-refractivity contribution in [2.45, 2.75) is 0 Å². The lowest BCUT2D eigenvalue weighted by atomic mass is 10.1. The second kappa shape index (κ2) is 7.88. The van der Waals surface area contributed by atoms with Crippen LogP contribution in [0.5, 0.6) is 17.2 Å². The molecule has 134 valence electrons. The first-order valence-electron chi connectivity index (χ1n) is 7.86. The van der Waals surface area contributed by atoms with Gasteiger partial charge in [-0.2, -0.15) is 5.10 Å². The highest BCUT2D eigenvalue weighted by molar-refractivity contribution is 7.07. The molecule has 0 atom stereocenters. The van der Waals surface area contributed by atoms with Crippen molar-refractivity contribution >= 4 is 17.6 Å². The highest BCUT2D eigenvalue weighted by Crippen LogP contribution is 2.33. The van der Waals surface area contributed by atoms with E-state index < -0.39 is 0 Å². The van der Waals surface area contributed by atoms with E-state index in [0.29, 0.717) is 17.1 Å². The van der Waals surface area contributed by atoms with Gasteiger partial charge in [-0.15, -0.1) is 11.3 Å². The largest absolute Gasteiger partial charge is 0.507 e. The van der Waals surface area contributed by atoms with E-state index in [1.807, 2.05) is 29.6 Å². The molecular formula is C19H19N3O3S. The molecule has 7 heteroatoms. The maximum Gasteiger partial charge on any atom is 0.205 e. The fourth-order valence-corrected chi connectivity index (χ4v) is 3.27. The molecule has 0 radical (unpaired) electrons. The predicted molar refractivity (Wildman–Crippen MR) is 103 cm³/mol. The summed E-state index contributed by atoms with van der Waals surface area (Å²) in [6, 6.07) is 12.6. The van der Waals surface area contributed by atoms with Crippen molar-refractivity contribution in [2.24, 2.45) is 10.1 Å². The normalized spacial score (nSPS) is 11.9. The van der Waals surface area contributed by atoms with Gasteiger partial charge in [-0.1, -0.05) is 12.1 Å². The number of phenols is 1. The van der Waals surface area contributed by atoms with Gasteiger partial charge in [0.15, 0.2) is 0 Å². The zero-order chi connectivity index (χ0) is 18.5. The number of rotatable bonds is 5. The van der Waals surface area contributed by atoms with Crippen LogP contribution in [-0.4, -0.2) is 37.3 Å². The molecule has 0 fully saturated rings. The summed E-state index contributed by atoms with van der Waals surface area (Å²) in [5, 5.41) is 16.4. The van der Waals surface area contributed by atoms with Crippen LogP contribution in [0.2, 0.25) is 0 Å². The summed E-state index contributed by atoms with van der Waals surface area (Å²) in [6.07, 6.45) is 1.61. The molecular weight excluding hydrogens is 350 g/mol. The average molecular weight is 369 g/mol. The van der Waals surface area contributed by atoms with Crippen LogP contribution in [0.25, 0.3) is 11.3 Å². The quantitative estimate of drug-likeness (QED) is 0.701. The lowest BCUT2D eigenvalue weighted by molar-refractivity contribution is 0.395. The van der Waals surface area contributed by atoms with Gasteiger partial charge in [0.05, 0.1) is 26.1 Å². The lowest BCUT2D eigenvalue weighted by Crippen LogP contribution is -2.11. The van der Waals surface area contributed by atoms with Gasteiger partial charge in [0.1, 0.15) is 17.2 Å². The molecule has 2 aromatic carbocycles. The first-order valence-corrected chi connectivity index (χ1v) is 8.74. The molecule has 1 aromatic heterocycles. The van der Waals surface area contributed by atoms with Crippen LogP contribution in [0.1, 0.15) is 5.56 Å². The third-order valence-corrected chi connectivity index (χ3v) is 4.72. The number of hydrogen-bond acceptors (Lipinski definition) is 6. The minimum atomic E-state index is 0.172. The molecule has 0 aliphatic rings. The average Bonchev–Trinajstić information content (AvgIpc) is 3.09. The van der Waals surface area contributed by atoms with Gasteiger partial charge in [0.2, 0.25) is 4.80 Å². The van der Waals surface area contributed by atoms with Crippen LogP contribution < -0.4 is 14.3 Å². The van der Waals surface area contributed by atoms with Crippen LogP contribution in [0.3, 0.4) is 0 Å². The van der Waals surface area contributed by atoms with Crippen molar-refractivity contribution < 1.29 is 14.6 Å². The van der Waals surface area contributed by atoms with Crippen molar-refractivity contribution in [2.75, 3.05) is 21.3 Å². The van der Waals surface area contributed by atoms with Crippen LogP contribution in [0.15, 0.2) is 57.9 Å². The summed E-state index contributed by atoms with van der Waals surface area (Å²) < 4.78 is 12.5. The molecule has 0 saturated carbocycles. The van der Waals surface area contributed by atoms with Gasteiger partial charge in [-0.05, 0) is 24.3 Å². The number of para-hydroxylation sites is 1. The third kappa shape index (κ3) is 3.48. The van der Waals surface area contributed by atoms with E-state index in [9.17, 15) is 5.11 Å². The number of thiazole rings is 1. The molecule has 6 nitrogen and oxygen atoms in total. The number of nitrogens with zero attached hydrogens (tertiary/aromatic N) is 3. The van der Waals surface area contributed by atoms with Crippen molar-refractivity contribution in [1.29, 1.82) is 0 Å². The second-order valence-electron chi connectivity index (χ2n) is 5.31. The number of aromatic hydroxyl groups is 1. The highest BCUT2D eigenvalue weighted by Gasteiger charge is 2.13. The Morgan fingerprint density at radius 2 is 1.92 bits per heavy atom. The zero-order valence-electron chi connectivity index (χ0n) is 14.7. The van der Waals surface area contributed by atoms with Crippen LogP contribution in [-0.2, 0) is 0 Å². The van der Waals surface area contributed by atoms with Gasteiger partial charge >= 0.3 is 0 Å². The molecule has 0 amide bonds. The number of hydrogen-bond donors (Lipinski definition) is 1. The molecule has 0 aliphatic carbocycles. The highest BCUT2D eigenvalue weighted by atomic mass is 32.1. The number of aromatic nitrogens is 1. The van der Waals surface area contributed by atoms with Crippen LogP contribution in [0, 0.1) is 0 Å². The number of benzene rings is 2. The molecule has 0 unspecified atom stereocenters. The molecule has 26 heavy (non-hydrogen) atoms. The Bertz CT molecular complexity index is 1010. The molecule has 0 saturated heterocycles. The molecule has 1 N–H and O–H groups in total. The number of methoxy groups -OCH3 is 2. The smallest absolute Gasteiger partial charge is 0.205 e.